The molecule has 10 heteroatoms. The van der Waals surface area contributed by atoms with Crippen LogP contribution in [0.25, 0.3) is 0 Å². The van der Waals surface area contributed by atoms with Crippen LogP contribution < -0.4 is 10.3 Å². The van der Waals surface area contributed by atoms with Crippen molar-refractivity contribution >= 4 is 5.97 Å². The van der Waals surface area contributed by atoms with Crippen molar-refractivity contribution in [3.63, 3.8) is 0 Å². The van der Waals surface area contributed by atoms with Crippen LogP contribution in [0.2, 0.25) is 0 Å². The zero-order chi connectivity index (χ0) is 21.9. The van der Waals surface area contributed by atoms with Crippen LogP contribution in [0.15, 0.2) is 35.1 Å². The van der Waals surface area contributed by atoms with Crippen molar-refractivity contribution in [3.05, 3.63) is 57.5 Å². The summed E-state index contributed by atoms with van der Waals surface area (Å²) in [4.78, 5) is 25.2. The first-order valence-electron chi connectivity index (χ1n) is 9.47. The minimum atomic E-state index is -4.82. The Morgan fingerprint density at radius 3 is 2.60 bits per heavy atom. The molecule has 1 aromatic carbocycles. The third kappa shape index (κ3) is 4.99. The SMILES string of the molecule is COc1ccc(Cn2nc(C3CCCN3CCC(=O)O)cc(C(F)(F)F)c2=O)cc1. The molecule has 162 valence electrons. The number of carboxylic acids is 1. The molecule has 1 saturated heterocycles. The van der Waals surface area contributed by atoms with Crippen molar-refractivity contribution < 1.29 is 27.8 Å². The molecule has 1 unspecified atom stereocenters. The molecular formula is C20H22F3N3O4. The second-order valence-corrected chi connectivity index (χ2v) is 7.13. The number of alkyl halides is 3. The van der Waals surface area contributed by atoms with Gasteiger partial charge in [-0.3, -0.25) is 14.5 Å². The van der Waals surface area contributed by atoms with Gasteiger partial charge < -0.3 is 9.84 Å². The number of hydrogen-bond acceptors (Lipinski definition) is 5. The van der Waals surface area contributed by atoms with Gasteiger partial charge in [-0.2, -0.15) is 18.3 Å². The van der Waals surface area contributed by atoms with E-state index in [4.69, 9.17) is 9.84 Å². The lowest BCUT2D eigenvalue weighted by atomic mass is 10.1. The summed E-state index contributed by atoms with van der Waals surface area (Å²) in [6.45, 7) is 0.654. The van der Waals surface area contributed by atoms with Crippen LogP contribution in [0.5, 0.6) is 5.75 Å². The number of benzene rings is 1. The molecule has 0 radical (unpaired) electrons. The number of methoxy groups -OCH3 is 1. The third-order valence-electron chi connectivity index (χ3n) is 5.11. The summed E-state index contributed by atoms with van der Waals surface area (Å²) in [5.41, 5.74) is -1.76. The Balaban J connectivity index is 1.98. The van der Waals surface area contributed by atoms with Gasteiger partial charge in [-0.15, -0.1) is 0 Å². The number of rotatable bonds is 7. The monoisotopic (exact) mass is 425 g/mol. The van der Waals surface area contributed by atoms with Gasteiger partial charge in [0.2, 0.25) is 0 Å². The minimum Gasteiger partial charge on any atom is -0.497 e. The van der Waals surface area contributed by atoms with E-state index in [1.165, 1.54) is 7.11 Å². The highest BCUT2D eigenvalue weighted by Gasteiger charge is 2.37. The largest absolute Gasteiger partial charge is 0.497 e. The second kappa shape index (κ2) is 8.86. The molecule has 1 aromatic heterocycles. The molecule has 3 rings (SSSR count). The Bertz CT molecular complexity index is 957. The lowest BCUT2D eigenvalue weighted by Gasteiger charge is -2.24. The summed E-state index contributed by atoms with van der Waals surface area (Å²) in [6.07, 6.45) is -3.68. The molecular weight excluding hydrogens is 403 g/mol. The van der Waals surface area contributed by atoms with Gasteiger partial charge in [0.15, 0.2) is 0 Å². The Hall–Kier alpha value is -2.88. The van der Waals surface area contributed by atoms with Crippen molar-refractivity contribution in [3.8, 4) is 5.75 Å². The van der Waals surface area contributed by atoms with E-state index < -0.39 is 29.3 Å². The van der Waals surface area contributed by atoms with E-state index in [0.29, 0.717) is 30.7 Å². The maximum absolute atomic E-state index is 13.5. The van der Waals surface area contributed by atoms with Crippen LogP contribution in [0.1, 0.15) is 42.1 Å². The molecule has 1 atom stereocenters. The summed E-state index contributed by atoms with van der Waals surface area (Å²) in [5, 5.41) is 13.1. The molecule has 1 aliphatic heterocycles. The number of halogens is 3. The van der Waals surface area contributed by atoms with E-state index in [2.05, 4.69) is 5.10 Å². The van der Waals surface area contributed by atoms with Crippen LogP contribution in [0.4, 0.5) is 13.2 Å². The number of aliphatic carboxylic acids is 1. The number of carbonyl (C=O) groups is 1. The molecule has 0 saturated carbocycles. The van der Waals surface area contributed by atoms with Crippen LogP contribution in [0.3, 0.4) is 0 Å². The Morgan fingerprint density at radius 1 is 1.30 bits per heavy atom. The van der Waals surface area contributed by atoms with Gasteiger partial charge in [-0.1, -0.05) is 12.1 Å². The zero-order valence-electron chi connectivity index (χ0n) is 16.4. The highest BCUT2D eigenvalue weighted by atomic mass is 19.4. The molecule has 1 aliphatic rings. The number of likely N-dealkylation sites (tertiary alicyclic amines) is 1. The summed E-state index contributed by atoms with van der Waals surface area (Å²) in [7, 11) is 1.50. The number of aromatic nitrogens is 2. The fourth-order valence-electron chi connectivity index (χ4n) is 3.61. The average Bonchev–Trinajstić information content (AvgIpc) is 3.16. The predicted molar refractivity (Wildman–Crippen MR) is 101 cm³/mol. The van der Waals surface area contributed by atoms with Crippen LogP contribution >= 0.6 is 0 Å². The van der Waals surface area contributed by atoms with E-state index in [1.54, 1.807) is 29.2 Å². The normalized spacial score (nSPS) is 17.3. The summed E-state index contributed by atoms with van der Waals surface area (Å²) in [6, 6.07) is 6.95. The minimum absolute atomic E-state index is 0.117. The van der Waals surface area contributed by atoms with Gasteiger partial charge in [-0.25, -0.2) is 4.68 Å². The maximum Gasteiger partial charge on any atom is 0.421 e. The fourth-order valence-corrected chi connectivity index (χ4v) is 3.61. The number of hydrogen-bond donors (Lipinski definition) is 1. The molecule has 0 aliphatic carbocycles. The van der Waals surface area contributed by atoms with Crippen molar-refractivity contribution in [1.82, 2.24) is 14.7 Å². The Morgan fingerprint density at radius 2 is 2.00 bits per heavy atom. The second-order valence-electron chi connectivity index (χ2n) is 7.13. The van der Waals surface area contributed by atoms with E-state index in [0.717, 1.165) is 10.7 Å². The van der Waals surface area contributed by atoms with Gasteiger partial charge in [0.05, 0.1) is 31.8 Å². The van der Waals surface area contributed by atoms with Gasteiger partial charge in [0.1, 0.15) is 11.3 Å². The zero-order valence-corrected chi connectivity index (χ0v) is 16.4. The first-order chi connectivity index (χ1) is 14.2. The summed E-state index contributed by atoms with van der Waals surface area (Å²) >= 11 is 0. The standard InChI is InChI=1S/C20H22F3N3O4/c1-30-14-6-4-13(5-7-14)12-26-19(29)15(20(21,22)23)11-16(24-26)17-3-2-9-25(17)10-8-18(27)28/h4-7,11,17H,2-3,8-10,12H2,1H3,(H,27,28). The summed E-state index contributed by atoms with van der Waals surface area (Å²) in [5.74, 6) is -0.391. The molecule has 2 heterocycles. The van der Waals surface area contributed by atoms with E-state index in [9.17, 15) is 22.8 Å². The molecule has 0 bridgehead atoms. The molecule has 0 spiro atoms. The van der Waals surface area contributed by atoms with E-state index in [-0.39, 0.29) is 25.2 Å². The number of carboxylic acid groups (broad SMARTS) is 1. The van der Waals surface area contributed by atoms with Crippen LogP contribution in [-0.4, -0.2) is 46.0 Å². The highest BCUT2D eigenvalue weighted by Crippen LogP contribution is 2.33. The predicted octanol–water partition coefficient (Wildman–Crippen LogP) is 2.93. The molecule has 30 heavy (non-hydrogen) atoms. The van der Waals surface area contributed by atoms with Crippen LogP contribution in [-0.2, 0) is 17.5 Å². The van der Waals surface area contributed by atoms with Gasteiger partial charge in [0, 0.05) is 6.54 Å². The lowest BCUT2D eigenvalue weighted by molar-refractivity contribution is -0.139. The molecule has 1 N–H and O–H groups in total. The number of ether oxygens (including phenoxy) is 1. The first-order valence-corrected chi connectivity index (χ1v) is 9.47. The molecule has 7 nitrogen and oxygen atoms in total. The topological polar surface area (TPSA) is 84.7 Å². The molecule has 2 aromatic rings. The van der Waals surface area contributed by atoms with Gasteiger partial charge >= 0.3 is 12.1 Å². The quantitative estimate of drug-likeness (QED) is 0.734. The summed E-state index contributed by atoms with van der Waals surface area (Å²) < 4.78 is 46.5. The first kappa shape index (κ1) is 21.8. The fraction of sp³-hybridized carbons (Fsp3) is 0.450. The molecule has 0 amide bonds. The number of nitrogens with zero attached hydrogens (tertiary/aromatic N) is 3. The average molecular weight is 425 g/mol. The van der Waals surface area contributed by atoms with Gasteiger partial charge in [-0.05, 0) is 43.1 Å². The van der Waals surface area contributed by atoms with E-state index in [1.807, 2.05) is 0 Å². The third-order valence-corrected chi connectivity index (χ3v) is 5.11. The van der Waals surface area contributed by atoms with Crippen molar-refractivity contribution in [2.24, 2.45) is 0 Å². The van der Waals surface area contributed by atoms with Crippen molar-refractivity contribution in [2.45, 2.75) is 38.0 Å². The Labute approximate surface area is 170 Å². The lowest BCUT2D eigenvalue weighted by Crippen LogP contribution is -2.34. The van der Waals surface area contributed by atoms with E-state index >= 15 is 0 Å². The molecule has 1 fully saturated rings. The Kier molecular flexibility index (Phi) is 6.45. The highest BCUT2D eigenvalue weighted by molar-refractivity contribution is 5.66. The van der Waals surface area contributed by atoms with Crippen LogP contribution in [0, 0.1) is 0 Å². The van der Waals surface area contributed by atoms with Crippen molar-refractivity contribution in [2.75, 3.05) is 20.2 Å². The smallest absolute Gasteiger partial charge is 0.421 e. The maximum atomic E-state index is 13.5. The van der Waals surface area contributed by atoms with Gasteiger partial charge in [0.25, 0.3) is 5.56 Å². The van der Waals surface area contributed by atoms with Crippen molar-refractivity contribution in [1.29, 1.82) is 0 Å².